The van der Waals surface area contributed by atoms with E-state index in [1.165, 1.54) is 25.7 Å². The van der Waals surface area contributed by atoms with E-state index >= 15 is 0 Å². The van der Waals surface area contributed by atoms with Crippen LogP contribution in [0.15, 0.2) is 0 Å². The fraction of sp³-hybridized carbons (Fsp3) is 1.00. The molecule has 3 nitrogen and oxygen atoms in total. The lowest BCUT2D eigenvalue weighted by Gasteiger charge is -2.28. The van der Waals surface area contributed by atoms with Crippen LogP contribution >= 0.6 is 35.6 Å². The summed E-state index contributed by atoms with van der Waals surface area (Å²) in [4.78, 5) is 0. The molecule has 0 rings (SSSR count). The summed E-state index contributed by atoms with van der Waals surface area (Å²) in [5.41, 5.74) is 0. The van der Waals surface area contributed by atoms with Gasteiger partial charge in [-0.15, -0.1) is 0 Å². The van der Waals surface area contributed by atoms with Crippen molar-refractivity contribution in [3.8, 4) is 0 Å². The molecule has 0 aliphatic heterocycles. The van der Waals surface area contributed by atoms with Crippen molar-refractivity contribution in [2.45, 2.75) is 64.8 Å². The van der Waals surface area contributed by atoms with Gasteiger partial charge in [0.25, 0.3) is 0 Å². The Labute approximate surface area is 119 Å². The van der Waals surface area contributed by atoms with Crippen LogP contribution < -0.4 is 0 Å². The molecule has 0 N–H and O–H groups in total. The highest BCUT2D eigenvalue weighted by Crippen LogP contribution is 2.33. The maximum absolute atomic E-state index is 5.28. The highest BCUT2D eigenvalue weighted by Gasteiger charge is 2.41. The van der Waals surface area contributed by atoms with Crippen molar-refractivity contribution in [2.24, 2.45) is 5.92 Å². The van der Waals surface area contributed by atoms with Crippen LogP contribution in [0.2, 0.25) is 0 Å². The van der Waals surface area contributed by atoms with Crippen molar-refractivity contribution in [3.05, 3.63) is 0 Å². The molecule has 0 saturated heterocycles. The predicted octanol–water partition coefficient (Wildman–Crippen LogP) is 5.54. The standard InChI is InChI=1S/C11H21Cl3O3/c1-3-4-5-6-7-8-9-10(2)11(15-12,16-13)17-14/h10H,3-9H2,1-2H3. The number of rotatable bonds is 11. The second-order valence-corrected chi connectivity index (χ2v) is 4.76. The summed E-state index contributed by atoms with van der Waals surface area (Å²) < 4.78 is 13.7. The van der Waals surface area contributed by atoms with E-state index in [2.05, 4.69) is 19.8 Å². The molecular formula is C11H21Cl3O3. The van der Waals surface area contributed by atoms with Crippen LogP contribution in [-0.4, -0.2) is 5.97 Å². The van der Waals surface area contributed by atoms with E-state index in [4.69, 9.17) is 35.6 Å². The molecule has 1 atom stereocenters. The van der Waals surface area contributed by atoms with E-state index in [0.717, 1.165) is 19.3 Å². The normalized spacial score (nSPS) is 13.9. The minimum absolute atomic E-state index is 0.152. The van der Waals surface area contributed by atoms with Gasteiger partial charge in [0.2, 0.25) is 0 Å². The summed E-state index contributed by atoms with van der Waals surface area (Å²) in [5, 5.41) is 0. The van der Waals surface area contributed by atoms with Crippen molar-refractivity contribution < 1.29 is 12.9 Å². The van der Waals surface area contributed by atoms with E-state index in [0.29, 0.717) is 0 Å². The highest BCUT2D eigenvalue weighted by atomic mass is 35.5. The lowest BCUT2D eigenvalue weighted by Crippen LogP contribution is -2.38. The summed E-state index contributed by atoms with van der Waals surface area (Å²) in [7, 11) is 0. The molecule has 0 spiro atoms. The van der Waals surface area contributed by atoms with Crippen molar-refractivity contribution in [2.75, 3.05) is 0 Å². The van der Waals surface area contributed by atoms with Crippen LogP contribution in [0.5, 0.6) is 0 Å². The average Bonchev–Trinajstić information content (AvgIpc) is 2.36. The molecule has 17 heavy (non-hydrogen) atoms. The molecule has 0 amide bonds. The van der Waals surface area contributed by atoms with Crippen LogP contribution in [0.25, 0.3) is 0 Å². The molecule has 0 aromatic heterocycles. The quantitative estimate of drug-likeness (QED) is 0.370. The van der Waals surface area contributed by atoms with Gasteiger partial charge in [0.05, 0.1) is 35.6 Å². The van der Waals surface area contributed by atoms with Gasteiger partial charge >= 0.3 is 5.97 Å². The first-order valence-corrected chi connectivity index (χ1v) is 6.98. The number of halogens is 3. The zero-order chi connectivity index (χ0) is 13.1. The Kier molecular flexibility index (Phi) is 11.1. The molecule has 6 heteroatoms. The van der Waals surface area contributed by atoms with E-state index in [9.17, 15) is 0 Å². The molecule has 0 heterocycles. The van der Waals surface area contributed by atoms with Crippen molar-refractivity contribution in [3.63, 3.8) is 0 Å². The van der Waals surface area contributed by atoms with E-state index in [-0.39, 0.29) is 5.92 Å². The highest BCUT2D eigenvalue weighted by molar-refractivity contribution is 6.10. The van der Waals surface area contributed by atoms with Crippen molar-refractivity contribution >= 4 is 35.6 Å². The molecular weight excluding hydrogens is 286 g/mol. The fourth-order valence-electron chi connectivity index (χ4n) is 1.67. The summed E-state index contributed by atoms with van der Waals surface area (Å²) >= 11 is 15.8. The topological polar surface area (TPSA) is 27.7 Å². The van der Waals surface area contributed by atoms with Crippen LogP contribution in [-0.2, 0) is 12.9 Å². The largest absolute Gasteiger partial charge is 0.333 e. The second kappa shape index (κ2) is 10.7. The average molecular weight is 308 g/mol. The molecule has 1 unspecified atom stereocenters. The molecule has 0 bridgehead atoms. The lowest BCUT2D eigenvalue weighted by atomic mass is 10.00. The third kappa shape index (κ3) is 6.46. The fourth-order valence-corrected chi connectivity index (χ4v) is 2.41. The SMILES string of the molecule is CCCCCCCCC(C)C(OCl)(OCl)OCl. The van der Waals surface area contributed by atoms with Crippen LogP contribution in [0.4, 0.5) is 0 Å². The molecule has 0 aliphatic carbocycles. The van der Waals surface area contributed by atoms with Gasteiger partial charge in [0.15, 0.2) is 0 Å². The van der Waals surface area contributed by atoms with Gasteiger partial charge in [-0.25, -0.2) is 12.9 Å². The number of hydrogen-bond acceptors (Lipinski definition) is 3. The van der Waals surface area contributed by atoms with E-state index in [1.807, 2.05) is 6.92 Å². The monoisotopic (exact) mass is 306 g/mol. The smallest absolute Gasteiger partial charge is 0.214 e. The van der Waals surface area contributed by atoms with Gasteiger partial charge in [-0.2, -0.15) is 0 Å². The van der Waals surface area contributed by atoms with Gasteiger partial charge < -0.3 is 0 Å². The van der Waals surface area contributed by atoms with Crippen LogP contribution in [0.1, 0.15) is 58.8 Å². The van der Waals surface area contributed by atoms with Gasteiger partial charge in [-0.05, 0) is 6.42 Å². The predicted molar refractivity (Wildman–Crippen MR) is 70.7 cm³/mol. The Morgan fingerprint density at radius 1 is 0.882 bits per heavy atom. The lowest BCUT2D eigenvalue weighted by molar-refractivity contribution is -0.279. The maximum Gasteiger partial charge on any atom is 0.333 e. The number of hydrogen-bond donors (Lipinski definition) is 0. The first kappa shape index (κ1) is 17.8. The molecule has 0 fully saturated rings. The first-order chi connectivity index (χ1) is 8.16. The summed E-state index contributed by atoms with van der Waals surface area (Å²) in [6.45, 7) is 4.06. The van der Waals surface area contributed by atoms with Crippen LogP contribution in [0.3, 0.4) is 0 Å². The minimum Gasteiger partial charge on any atom is -0.214 e. The Hall–Kier alpha value is 0.750. The first-order valence-electron chi connectivity index (χ1n) is 6.06. The Morgan fingerprint density at radius 2 is 1.35 bits per heavy atom. The zero-order valence-corrected chi connectivity index (χ0v) is 12.7. The molecule has 0 radical (unpaired) electrons. The molecule has 104 valence electrons. The zero-order valence-electron chi connectivity index (χ0n) is 10.4. The van der Waals surface area contributed by atoms with Gasteiger partial charge in [-0.1, -0.05) is 52.4 Å². The summed E-state index contributed by atoms with van der Waals surface area (Å²) in [5.74, 6) is -1.73. The molecule has 0 aromatic rings. The summed E-state index contributed by atoms with van der Waals surface area (Å²) in [6.07, 6.45) is 8.07. The Balaban J connectivity index is 3.79. The van der Waals surface area contributed by atoms with Gasteiger partial charge in [0, 0.05) is 5.92 Å². The van der Waals surface area contributed by atoms with Gasteiger partial charge in [-0.3, -0.25) is 0 Å². The van der Waals surface area contributed by atoms with E-state index in [1.54, 1.807) is 0 Å². The molecule has 0 aliphatic rings. The van der Waals surface area contributed by atoms with Crippen LogP contribution in [0, 0.1) is 5.92 Å². The molecule has 0 saturated carbocycles. The van der Waals surface area contributed by atoms with Gasteiger partial charge in [0.1, 0.15) is 0 Å². The summed E-state index contributed by atoms with van der Waals surface area (Å²) in [6, 6.07) is 0. The second-order valence-electron chi connectivity index (χ2n) is 4.29. The number of unbranched alkanes of at least 4 members (excludes halogenated alkanes) is 5. The van der Waals surface area contributed by atoms with Crippen molar-refractivity contribution in [1.29, 1.82) is 0 Å². The maximum atomic E-state index is 5.28. The third-order valence-corrected chi connectivity index (χ3v) is 3.56. The minimum atomic E-state index is -1.58. The van der Waals surface area contributed by atoms with E-state index < -0.39 is 5.97 Å². The Morgan fingerprint density at radius 3 is 1.82 bits per heavy atom. The third-order valence-electron chi connectivity index (χ3n) is 2.92. The molecule has 0 aromatic carbocycles. The van der Waals surface area contributed by atoms with Crippen molar-refractivity contribution in [1.82, 2.24) is 0 Å². The Bertz CT molecular complexity index is 169.